The predicted molar refractivity (Wildman–Crippen MR) is 54.4 cm³/mol. The average molecular weight is 197 g/mol. The fourth-order valence-electron chi connectivity index (χ4n) is 0.961. The van der Waals surface area contributed by atoms with Gasteiger partial charge in [-0.3, -0.25) is 9.59 Å². The summed E-state index contributed by atoms with van der Waals surface area (Å²) in [6.07, 6.45) is 0. The number of aliphatic carboxylic acids is 1. The van der Waals surface area contributed by atoms with Gasteiger partial charge in [0.2, 0.25) is 0 Å². The first-order valence-electron chi connectivity index (χ1n) is 4.49. The first-order valence-corrected chi connectivity index (χ1v) is 4.49. The molecule has 1 heterocycles. The quantitative estimate of drug-likeness (QED) is 0.776. The molecule has 14 heavy (non-hydrogen) atoms. The van der Waals surface area contributed by atoms with Crippen LogP contribution in [0.2, 0.25) is 0 Å². The summed E-state index contributed by atoms with van der Waals surface area (Å²) in [5.74, 6) is -1.01. The summed E-state index contributed by atoms with van der Waals surface area (Å²) in [6.45, 7) is 5.43. The molecular weight excluding hydrogens is 182 g/mol. The van der Waals surface area contributed by atoms with Crippen LogP contribution in [0.25, 0.3) is 0 Å². The topological polar surface area (TPSA) is 59.3 Å². The Morgan fingerprint density at radius 3 is 2.43 bits per heavy atom. The third-order valence-electron chi connectivity index (χ3n) is 1.56. The van der Waals surface area contributed by atoms with Crippen molar-refractivity contribution >= 4 is 5.97 Å². The molecule has 1 aromatic rings. The lowest BCUT2D eigenvalue weighted by Crippen LogP contribution is -2.24. The smallest absolute Gasteiger partial charge is 0.323 e. The molecule has 0 amide bonds. The highest BCUT2D eigenvalue weighted by Gasteiger charge is 2.02. The Kier molecular flexibility index (Phi) is 5.29. The highest BCUT2D eigenvalue weighted by molar-refractivity contribution is 5.66. The lowest BCUT2D eigenvalue weighted by atomic mass is 10.3. The van der Waals surface area contributed by atoms with Gasteiger partial charge in [-0.1, -0.05) is 19.9 Å². The van der Waals surface area contributed by atoms with Crippen molar-refractivity contribution in [3.05, 3.63) is 34.2 Å². The van der Waals surface area contributed by atoms with Crippen LogP contribution in [0.3, 0.4) is 0 Å². The molecule has 0 fully saturated rings. The number of hydrogen-bond acceptors (Lipinski definition) is 2. The van der Waals surface area contributed by atoms with Crippen LogP contribution in [0, 0.1) is 6.92 Å². The number of carboxylic acid groups (broad SMARTS) is 1. The van der Waals surface area contributed by atoms with Crippen LogP contribution in [0.1, 0.15) is 19.5 Å². The molecule has 78 valence electrons. The molecule has 0 saturated carbocycles. The molecule has 1 N–H and O–H groups in total. The third-order valence-corrected chi connectivity index (χ3v) is 1.56. The Labute approximate surface area is 82.8 Å². The van der Waals surface area contributed by atoms with Gasteiger partial charge in [0.05, 0.1) is 0 Å². The lowest BCUT2D eigenvalue weighted by molar-refractivity contribution is -0.137. The molecule has 0 spiro atoms. The largest absolute Gasteiger partial charge is 0.480 e. The zero-order valence-electron chi connectivity index (χ0n) is 8.65. The Morgan fingerprint density at radius 1 is 1.43 bits per heavy atom. The van der Waals surface area contributed by atoms with Gasteiger partial charge >= 0.3 is 5.97 Å². The van der Waals surface area contributed by atoms with Gasteiger partial charge in [-0.05, 0) is 13.0 Å². The fraction of sp³-hybridized carbons (Fsp3) is 0.400. The summed E-state index contributed by atoms with van der Waals surface area (Å²) >= 11 is 0. The van der Waals surface area contributed by atoms with Crippen molar-refractivity contribution in [3.63, 3.8) is 0 Å². The van der Waals surface area contributed by atoms with Crippen molar-refractivity contribution in [1.29, 1.82) is 0 Å². The van der Waals surface area contributed by atoms with Gasteiger partial charge in [0, 0.05) is 11.8 Å². The Hall–Kier alpha value is -1.58. The number of carbonyl (C=O) groups is 1. The van der Waals surface area contributed by atoms with E-state index >= 15 is 0 Å². The molecule has 0 radical (unpaired) electrons. The van der Waals surface area contributed by atoms with E-state index < -0.39 is 5.97 Å². The maximum absolute atomic E-state index is 11.1. The molecule has 1 rings (SSSR count). The van der Waals surface area contributed by atoms with Crippen LogP contribution in [0.15, 0.2) is 23.0 Å². The van der Waals surface area contributed by atoms with E-state index in [1.807, 2.05) is 13.8 Å². The van der Waals surface area contributed by atoms with Crippen LogP contribution in [-0.4, -0.2) is 15.6 Å². The van der Waals surface area contributed by atoms with Crippen LogP contribution < -0.4 is 5.56 Å². The van der Waals surface area contributed by atoms with Gasteiger partial charge in [0.15, 0.2) is 0 Å². The second kappa shape index (κ2) is 5.96. The van der Waals surface area contributed by atoms with Gasteiger partial charge in [0.25, 0.3) is 5.56 Å². The Morgan fingerprint density at radius 2 is 2.00 bits per heavy atom. The molecular formula is C10H15NO3. The Bertz CT molecular complexity index is 355. The van der Waals surface area contributed by atoms with Crippen molar-refractivity contribution in [1.82, 2.24) is 4.57 Å². The fourth-order valence-corrected chi connectivity index (χ4v) is 0.961. The van der Waals surface area contributed by atoms with Gasteiger partial charge in [0.1, 0.15) is 6.54 Å². The normalized spacial score (nSPS) is 8.79. The summed E-state index contributed by atoms with van der Waals surface area (Å²) in [6, 6.07) is 4.65. The molecule has 4 heteroatoms. The summed E-state index contributed by atoms with van der Waals surface area (Å²) in [5.41, 5.74) is 0.377. The zero-order chi connectivity index (χ0) is 11.1. The van der Waals surface area contributed by atoms with Crippen molar-refractivity contribution in [3.8, 4) is 0 Å². The summed E-state index contributed by atoms with van der Waals surface area (Å²) in [5, 5.41) is 8.46. The molecule has 0 aliphatic rings. The number of aromatic nitrogens is 1. The first kappa shape index (κ1) is 12.4. The lowest BCUT2D eigenvalue weighted by Gasteiger charge is -2.04. The average Bonchev–Trinajstić information content (AvgIpc) is 2.15. The second-order valence-corrected chi connectivity index (χ2v) is 2.49. The first-order chi connectivity index (χ1) is 6.61. The molecule has 1 aromatic heterocycles. The molecule has 0 aliphatic carbocycles. The van der Waals surface area contributed by atoms with Gasteiger partial charge in [-0.15, -0.1) is 0 Å². The predicted octanol–water partition coefficient (Wildman–Crippen LogP) is 1.27. The molecule has 0 atom stereocenters. The van der Waals surface area contributed by atoms with Gasteiger partial charge in [-0.2, -0.15) is 0 Å². The molecule has 0 aliphatic heterocycles. The summed E-state index contributed by atoms with van der Waals surface area (Å²) in [4.78, 5) is 21.4. The Balaban J connectivity index is 0.000000791. The standard InChI is InChI=1S/C8H9NO3.C2H6/c1-6-3-2-4-7(10)9(6)5-8(11)12;1-2/h2-4H,5H2,1H3,(H,11,12);1-2H3. The number of hydrogen-bond donors (Lipinski definition) is 1. The van der Waals surface area contributed by atoms with Crippen LogP contribution in [-0.2, 0) is 11.3 Å². The summed E-state index contributed by atoms with van der Waals surface area (Å²) < 4.78 is 1.21. The van der Waals surface area contributed by atoms with Crippen LogP contribution in [0.4, 0.5) is 0 Å². The monoisotopic (exact) mass is 197 g/mol. The molecule has 4 nitrogen and oxygen atoms in total. The third kappa shape index (κ3) is 3.43. The minimum Gasteiger partial charge on any atom is -0.480 e. The highest BCUT2D eigenvalue weighted by Crippen LogP contribution is 1.92. The molecule has 0 saturated heterocycles. The van der Waals surface area contributed by atoms with E-state index in [1.165, 1.54) is 10.6 Å². The van der Waals surface area contributed by atoms with Crippen molar-refractivity contribution in [2.75, 3.05) is 0 Å². The van der Waals surface area contributed by atoms with E-state index in [0.717, 1.165) is 0 Å². The van der Waals surface area contributed by atoms with E-state index in [9.17, 15) is 9.59 Å². The summed E-state index contributed by atoms with van der Waals surface area (Å²) in [7, 11) is 0. The molecule has 0 aromatic carbocycles. The number of aryl methyl sites for hydroxylation is 1. The molecule has 0 bridgehead atoms. The second-order valence-electron chi connectivity index (χ2n) is 2.49. The van der Waals surface area contributed by atoms with E-state index in [2.05, 4.69) is 0 Å². The van der Waals surface area contributed by atoms with Crippen molar-refractivity contribution in [2.24, 2.45) is 0 Å². The zero-order valence-corrected chi connectivity index (χ0v) is 8.65. The minimum atomic E-state index is -1.01. The number of nitrogens with zero attached hydrogens (tertiary/aromatic N) is 1. The maximum atomic E-state index is 11.1. The van der Waals surface area contributed by atoms with Gasteiger partial charge < -0.3 is 9.67 Å². The van der Waals surface area contributed by atoms with Crippen molar-refractivity contribution in [2.45, 2.75) is 27.3 Å². The molecule has 0 unspecified atom stereocenters. The van der Waals surface area contributed by atoms with E-state index in [0.29, 0.717) is 5.69 Å². The maximum Gasteiger partial charge on any atom is 0.323 e. The van der Waals surface area contributed by atoms with Gasteiger partial charge in [-0.25, -0.2) is 0 Å². The van der Waals surface area contributed by atoms with E-state index in [-0.39, 0.29) is 12.1 Å². The van der Waals surface area contributed by atoms with Crippen LogP contribution in [0.5, 0.6) is 0 Å². The highest BCUT2D eigenvalue weighted by atomic mass is 16.4. The number of carboxylic acids is 1. The van der Waals surface area contributed by atoms with Crippen molar-refractivity contribution < 1.29 is 9.90 Å². The van der Waals surface area contributed by atoms with E-state index in [4.69, 9.17) is 5.11 Å². The van der Waals surface area contributed by atoms with Crippen LogP contribution >= 0.6 is 0 Å². The SMILES string of the molecule is CC.Cc1cccc(=O)n1CC(=O)O. The number of pyridine rings is 1. The van der Waals surface area contributed by atoms with E-state index in [1.54, 1.807) is 19.1 Å². The minimum absolute atomic E-state index is 0.272. The number of rotatable bonds is 2.